The Labute approximate surface area is 245 Å². The second-order valence-electron chi connectivity index (χ2n) is 5.67. The fraction of sp³-hybridized carbons (Fsp3) is 0.400. The van der Waals surface area contributed by atoms with Crippen molar-refractivity contribution >= 4 is 17.3 Å². The van der Waals surface area contributed by atoms with Crippen LogP contribution in [0.4, 0.5) is 79.0 Å². The smallest absolute Gasteiger partial charge is 0.454 e. The van der Waals surface area contributed by atoms with Gasteiger partial charge in [-0.2, -0.15) is 79.0 Å². The van der Waals surface area contributed by atoms with E-state index < -0.39 is 89.9 Å². The van der Waals surface area contributed by atoms with E-state index in [0.717, 1.165) is 0 Å². The summed E-state index contributed by atoms with van der Waals surface area (Å²) in [5.74, 6) is -16.0. The molecule has 0 saturated heterocycles. The summed E-state index contributed by atoms with van der Waals surface area (Å²) in [5, 5.41) is 23.8. The summed E-state index contributed by atoms with van der Waals surface area (Å²) in [5.41, 5.74) is 0. The summed E-state index contributed by atoms with van der Waals surface area (Å²) >= 11 is 0. The van der Waals surface area contributed by atoms with E-state index in [1.807, 2.05) is 0 Å². The second kappa shape index (κ2) is 17.0. The number of aliphatic hydroxyl groups is 3. The molecular weight excluding hydrogens is 775 g/mol. The minimum atomic E-state index is -5.42. The third-order valence-electron chi connectivity index (χ3n) is 2.51. The van der Waals surface area contributed by atoms with Gasteiger partial charge in [-0.25, -0.2) is 0 Å². The Morgan fingerprint density at radius 1 is 0.366 bits per heavy atom. The zero-order valence-electron chi connectivity index (χ0n) is 18.2. The van der Waals surface area contributed by atoms with Crippen LogP contribution in [-0.4, -0.2) is 75.2 Å². The van der Waals surface area contributed by atoms with E-state index in [2.05, 4.69) is 0 Å². The van der Waals surface area contributed by atoms with Gasteiger partial charge in [0.1, 0.15) is 0 Å². The van der Waals surface area contributed by atoms with E-state index in [4.69, 9.17) is 15.3 Å². The van der Waals surface area contributed by atoms with Crippen molar-refractivity contribution in [2.24, 2.45) is 0 Å². The molecule has 7 nitrogen and oxygen atoms in total. The summed E-state index contributed by atoms with van der Waals surface area (Å²) in [4.78, 5) is 29.6. The molecule has 0 amide bonds. The molecule has 0 aliphatic heterocycles. The monoisotopic (exact) mass is 783 g/mol. The van der Waals surface area contributed by atoms with Crippen LogP contribution in [0.3, 0.4) is 0 Å². The van der Waals surface area contributed by atoms with E-state index in [1.165, 1.54) is 0 Å². The van der Waals surface area contributed by atoms with Gasteiger partial charge in [-0.3, -0.25) is 14.4 Å². The molecule has 0 aromatic carbocycles. The van der Waals surface area contributed by atoms with Crippen molar-refractivity contribution in [3.63, 3.8) is 0 Å². The predicted molar refractivity (Wildman–Crippen MR) is 87.1 cm³/mol. The summed E-state index contributed by atoms with van der Waals surface area (Å²) in [6.45, 7) is 0. The number of rotatable bonds is 3. The second-order valence-corrected chi connectivity index (χ2v) is 5.67. The van der Waals surface area contributed by atoms with Crippen LogP contribution in [0.2, 0.25) is 0 Å². The van der Waals surface area contributed by atoms with Crippen molar-refractivity contribution in [3.8, 4) is 0 Å². The number of aliphatic hydroxyl groups excluding tert-OH is 3. The SMILES string of the molecule is O.O=C(/C=C(/O)C(F)(F)F)C(F)(F)F.O=C(/C=C(/O)C(F)(F)F)C(F)(F)F.O=C(/C=C(/O)C(F)(F)F)C(F)(F)F.[Pr]. The first-order chi connectivity index (χ1) is 16.6. The Balaban J connectivity index is -0.000000154. The standard InChI is InChI=1S/3C5H2F6O2.H2O.Pr/c3*6-4(7,8)2(12)1-3(13)5(9,10)11;;/h3*1,12H;1H2;/b3*2-1+;;. The largest absolute Gasteiger partial charge is 0.504 e. The molecule has 0 spiro atoms. The number of carbonyl (C=O) groups excluding carboxylic acids is 3. The Kier molecular flexibility index (Phi) is 20.0. The molecule has 239 valence electrons. The van der Waals surface area contributed by atoms with E-state index in [-0.39, 0.29) is 46.8 Å². The van der Waals surface area contributed by atoms with Crippen LogP contribution in [-0.2, 0) is 14.4 Å². The van der Waals surface area contributed by atoms with E-state index >= 15 is 0 Å². The molecule has 1 radical (unpaired) electrons. The van der Waals surface area contributed by atoms with Crippen LogP contribution < -0.4 is 0 Å². The van der Waals surface area contributed by atoms with Crippen LogP contribution >= 0.6 is 0 Å². The first kappa shape index (κ1) is 48.4. The van der Waals surface area contributed by atoms with E-state index in [0.29, 0.717) is 0 Å². The molecule has 0 heterocycles. The molecular formula is C15H8F18O7Pr. The van der Waals surface area contributed by atoms with Gasteiger partial charge in [-0.05, 0) is 0 Å². The Morgan fingerprint density at radius 2 is 0.488 bits per heavy atom. The van der Waals surface area contributed by atoms with Gasteiger partial charge < -0.3 is 20.8 Å². The molecule has 0 rings (SSSR count). The average molecular weight is 783 g/mol. The van der Waals surface area contributed by atoms with Crippen LogP contribution in [0.15, 0.2) is 35.5 Å². The van der Waals surface area contributed by atoms with Gasteiger partial charge in [-0.1, -0.05) is 0 Å². The fourth-order valence-corrected chi connectivity index (χ4v) is 0.864. The normalized spacial score (nSPS) is 13.8. The number of ketones is 3. The molecule has 0 aromatic heterocycles. The van der Waals surface area contributed by atoms with Gasteiger partial charge in [0.15, 0.2) is 0 Å². The molecule has 0 atom stereocenters. The fourth-order valence-electron chi connectivity index (χ4n) is 0.864. The maximum atomic E-state index is 11.4. The predicted octanol–water partition coefficient (Wildman–Crippen LogP) is 5.54. The van der Waals surface area contributed by atoms with Gasteiger partial charge in [0, 0.05) is 59.5 Å². The van der Waals surface area contributed by atoms with Gasteiger partial charge in [0.25, 0.3) is 17.3 Å². The van der Waals surface area contributed by atoms with Crippen molar-refractivity contribution < 1.29 is 155 Å². The van der Waals surface area contributed by atoms with Crippen LogP contribution in [0.25, 0.3) is 0 Å². The van der Waals surface area contributed by atoms with Crippen molar-refractivity contribution in [2.75, 3.05) is 0 Å². The van der Waals surface area contributed by atoms with E-state index in [1.54, 1.807) is 0 Å². The zero-order chi connectivity index (χ0) is 32.6. The van der Waals surface area contributed by atoms with Crippen LogP contribution in [0, 0.1) is 41.3 Å². The van der Waals surface area contributed by atoms with Crippen LogP contribution in [0.5, 0.6) is 0 Å². The quantitative estimate of drug-likeness (QED) is 0.195. The first-order valence-electron chi connectivity index (χ1n) is 7.92. The molecule has 41 heavy (non-hydrogen) atoms. The zero-order valence-corrected chi connectivity index (χ0v) is 21.9. The molecule has 0 aromatic rings. The van der Waals surface area contributed by atoms with Gasteiger partial charge in [-0.15, -0.1) is 0 Å². The van der Waals surface area contributed by atoms with Gasteiger partial charge in [0.2, 0.25) is 17.3 Å². The number of hydrogen-bond acceptors (Lipinski definition) is 6. The van der Waals surface area contributed by atoms with Crippen molar-refractivity contribution in [1.82, 2.24) is 0 Å². The molecule has 0 saturated carbocycles. The average Bonchev–Trinajstić information content (AvgIpc) is 2.64. The Morgan fingerprint density at radius 3 is 0.561 bits per heavy atom. The summed E-state index contributed by atoms with van der Waals surface area (Å²) < 4.78 is 204. The molecule has 0 unspecified atom stereocenters. The van der Waals surface area contributed by atoms with Crippen molar-refractivity contribution in [3.05, 3.63) is 35.5 Å². The third-order valence-corrected chi connectivity index (χ3v) is 2.51. The minimum Gasteiger partial charge on any atom is -0.504 e. The molecule has 0 bridgehead atoms. The Bertz CT molecular complexity index is 836. The molecule has 0 aliphatic rings. The molecule has 0 fully saturated rings. The summed E-state index contributed by atoms with van der Waals surface area (Å²) in [6, 6.07) is 0. The topological polar surface area (TPSA) is 143 Å². The number of hydrogen-bond donors (Lipinski definition) is 3. The van der Waals surface area contributed by atoms with E-state index in [9.17, 15) is 93.4 Å². The van der Waals surface area contributed by atoms with Crippen LogP contribution in [0.1, 0.15) is 0 Å². The summed E-state index contributed by atoms with van der Waals surface area (Å²) in [6.07, 6.45) is -35.0. The van der Waals surface area contributed by atoms with Crippen molar-refractivity contribution in [2.45, 2.75) is 37.1 Å². The number of allylic oxidation sites excluding steroid dienone is 6. The number of halogens is 18. The maximum absolute atomic E-state index is 11.4. The molecule has 26 heteroatoms. The Hall–Kier alpha value is -2.31. The maximum Gasteiger partial charge on any atom is 0.454 e. The molecule has 5 N–H and O–H groups in total. The number of carbonyl (C=O) groups is 3. The number of alkyl halides is 18. The van der Waals surface area contributed by atoms with Gasteiger partial charge >= 0.3 is 37.1 Å². The first-order valence-corrected chi connectivity index (χ1v) is 7.92. The third kappa shape index (κ3) is 23.0. The minimum absolute atomic E-state index is 0. The summed E-state index contributed by atoms with van der Waals surface area (Å²) in [7, 11) is 0. The molecule has 0 aliphatic carbocycles. The van der Waals surface area contributed by atoms with Gasteiger partial charge in [0.05, 0.1) is 0 Å². The van der Waals surface area contributed by atoms with Crippen molar-refractivity contribution in [1.29, 1.82) is 0 Å².